The summed E-state index contributed by atoms with van der Waals surface area (Å²) < 4.78 is 5.64. The summed E-state index contributed by atoms with van der Waals surface area (Å²) in [6, 6.07) is 15.7. The van der Waals surface area contributed by atoms with E-state index in [9.17, 15) is 9.59 Å². The van der Waals surface area contributed by atoms with Gasteiger partial charge < -0.3 is 15.0 Å². The highest BCUT2D eigenvalue weighted by Crippen LogP contribution is 2.29. The number of ether oxygens (including phenoxy) is 1. The highest BCUT2D eigenvalue weighted by molar-refractivity contribution is 6.32. The molecule has 2 aromatic carbocycles. The number of amides is 1. The van der Waals surface area contributed by atoms with E-state index >= 15 is 0 Å². The second-order valence-corrected chi connectivity index (χ2v) is 9.14. The fourth-order valence-corrected chi connectivity index (χ4v) is 4.52. The Morgan fingerprint density at radius 3 is 2.41 bits per heavy atom. The minimum absolute atomic E-state index is 0.00212. The van der Waals surface area contributed by atoms with Gasteiger partial charge in [0.2, 0.25) is 5.91 Å². The molecule has 0 saturated carbocycles. The molecule has 1 N–H and O–H groups in total. The maximum Gasteiger partial charge on any atom is 0.224 e. The average Bonchev–Trinajstić information content (AvgIpc) is 2.80. The third kappa shape index (κ3) is 6.57. The van der Waals surface area contributed by atoms with E-state index < -0.39 is 5.92 Å². The van der Waals surface area contributed by atoms with Crippen molar-refractivity contribution in [2.45, 2.75) is 45.1 Å². The number of nitrogens with zero attached hydrogens (tertiary/aromatic N) is 1. The predicted molar refractivity (Wildman–Crippen MR) is 129 cm³/mol. The zero-order chi connectivity index (χ0) is 23.1. The molecule has 5 nitrogen and oxygen atoms in total. The van der Waals surface area contributed by atoms with Gasteiger partial charge in [-0.05, 0) is 69.5 Å². The number of nitrogens with one attached hydrogen (secondary N) is 1. The molecular formula is C26H33ClN2O3. The number of likely N-dealkylation sites (tertiary alicyclic amines) is 1. The molecule has 0 aromatic heterocycles. The van der Waals surface area contributed by atoms with E-state index in [-0.39, 0.29) is 24.2 Å². The lowest BCUT2D eigenvalue weighted by Crippen LogP contribution is -2.42. The number of rotatable bonds is 9. The third-order valence-electron chi connectivity index (χ3n) is 6.00. The van der Waals surface area contributed by atoms with Gasteiger partial charge in [0.15, 0.2) is 5.78 Å². The summed E-state index contributed by atoms with van der Waals surface area (Å²) in [5.74, 6) is 0.528. The Balaban J connectivity index is 1.60. The van der Waals surface area contributed by atoms with Gasteiger partial charge in [-0.15, -0.1) is 0 Å². The molecule has 0 bridgehead atoms. The van der Waals surface area contributed by atoms with Crippen molar-refractivity contribution >= 4 is 23.3 Å². The molecule has 32 heavy (non-hydrogen) atoms. The maximum atomic E-state index is 12.9. The quantitative estimate of drug-likeness (QED) is 0.543. The number of hydrogen-bond acceptors (Lipinski definition) is 4. The molecule has 3 rings (SSSR count). The Morgan fingerprint density at radius 1 is 1.12 bits per heavy atom. The summed E-state index contributed by atoms with van der Waals surface area (Å²) in [7, 11) is 1.62. The Hall–Kier alpha value is -2.37. The van der Waals surface area contributed by atoms with E-state index in [0.29, 0.717) is 28.8 Å². The topological polar surface area (TPSA) is 58.6 Å². The maximum absolute atomic E-state index is 12.9. The lowest BCUT2D eigenvalue weighted by Gasteiger charge is -2.34. The fraction of sp³-hybridized carbons (Fsp3) is 0.462. The summed E-state index contributed by atoms with van der Waals surface area (Å²) in [5.41, 5.74) is 1.88. The molecule has 1 aliphatic heterocycles. The van der Waals surface area contributed by atoms with Crippen LogP contribution >= 0.6 is 11.6 Å². The first-order valence-electron chi connectivity index (χ1n) is 11.4. The van der Waals surface area contributed by atoms with Crippen LogP contribution in [0.15, 0.2) is 48.5 Å². The minimum atomic E-state index is -0.397. The number of Topliss-reactive ketones (excluding diaryl/α,β-unsaturated/α-hetero) is 1. The number of piperidine rings is 1. The highest BCUT2D eigenvalue weighted by atomic mass is 35.5. The van der Waals surface area contributed by atoms with Crippen molar-refractivity contribution in [3.8, 4) is 5.75 Å². The number of carbonyl (C=O) groups is 2. The van der Waals surface area contributed by atoms with Gasteiger partial charge in [-0.1, -0.05) is 41.9 Å². The first kappa shape index (κ1) is 24.3. The number of carbonyl (C=O) groups excluding carboxylic acids is 2. The van der Waals surface area contributed by atoms with Crippen LogP contribution in [0, 0.1) is 5.92 Å². The van der Waals surface area contributed by atoms with Crippen molar-refractivity contribution in [3.63, 3.8) is 0 Å². The molecule has 6 heteroatoms. The van der Waals surface area contributed by atoms with Gasteiger partial charge in [-0.2, -0.15) is 0 Å². The van der Waals surface area contributed by atoms with E-state index in [1.807, 2.05) is 19.9 Å². The number of benzene rings is 2. The first-order valence-corrected chi connectivity index (χ1v) is 11.7. The van der Waals surface area contributed by atoms with Crippen LogP contribution in [0.25, 0.3) is 0 Å². The third-order valence-corrected chi connectivity index (χ3v) is 6.30. The highest BCUT2D eigenvalue weighted by Gasteiger charge is 2.27. The minimum Gasteiger partial charge on any atom is -0.489 e. The number of halogens is 1. The monoisotopic (exact) mass is 456 g/mol. The Bertz CT molecular complexity index is 909. The molecule has 2 aromatic rings. The summed E-state index contributed by atoms with van der Waals surface area (Å²) in [6.45, 7) is 6.27. The molecular weight excluding hydrogens is 424 g/mol. The first-order chi connectivity index (χ1) is 15.4. The van der Waals surface area contributed by atoms with Crippen molar-refractivity contribution in [1.29, 1.82) is 0 Å². The van der Waals surface area contributed by atoms with E-state index in [0.717, 1.165) is 25.9 Å². The van der Waals surface area contributed by atoms with Crippen LogP contribution in [0.1, 0.15) is 54.9 Å². The van der Waals surface area contributed by atoms with Gasteiger partial charge in [-0.3, -0.25) is 9.59 Å². The van der Waals surface area contributed by atoms with Crippen molar-refractivity contribution in [3.05, 3.63) is 64.7 Å². The predicted octanol–water partition coefficient (Wildman–Crippen LogP) is 4.94. The summed E-state index contributed by atoms with van der Waals surface area (Å²) in [4.78, 5) is 27.8. The summed E-state index contributed by atoms with van der Waals surface area (Å²) in [5, 5.41) is 3.13. The lowest BCUT2D eigenvalue weighted by atomic mass is 9.88. The van der Waals surface area contributed by atoms with Gasteiger partial charge >= 0.3 is 0 Å². The molecule has 0 unspecified atom stereocenters. The van der Waals surface area contributed by atoms with Gasteiger partial charge in [-0.25, -0.2) is 0 Å². The van der Waals surface area contributed by atoms with Crippen LogP contribution in [0.3, 0.4) is 0 Å². The Kier molecular flexibility index (Phi) is 8.71. The van der Waals surface area contributed by atoms with E-state index in [4.69, 9.17) is 16.3 Å². The zero-order valence-corrected chi connectivity index (χ0v) is 19.9. The van der Waals surface area contributed by atoms with Gasteiger partial charge in [0.05, 0.1) is 17.0 Å². The molecule has 1 heterocycles. The van der Waals surface area contributed by atoms with Crippen molar-refractivity contribution in [2.75, 3.05) is 26.7 Å². The second-order valence-electron chi connectivity index (χ2n) is 8.74. The number of ketones is 1. The summed E-state index contributed by atoms with van der Waals surface area (Å²) >= 11 is 6.30. The molecule has 1 fully saturated rings. The van der Waals surface area contributed by atoms with Crippen molar-refractivity contribution in [1.82, 2.24) is 10.2 Å². The van der Waals surface area contributed by atoms with Gasteiger partial charge in [0.25, 0.3) is 0 Å². The Labute approximate surface area is 196 Å². The standard InChI is InChI=1S/C26H33ClN2O3/c1-18(2)32-25-10-9-21(15-23(25)27)24(30)16-22(26(31)28-3)17-29-13-11-20(12-14-29)19-7-5-4-6-8-19/h4-10,15,18,20,22H,11-14,16-17H2,1-3H3,(H,28,31)/t22-/m0/s1. The van der Waals surface area contributed by atoms with Crippen LogP contribution in [-0.4, -0.2) is 49.4 Å². The summed E-state index contributed by atoms with van der Waals surface area (Å²) in [6.07, 6.45) is 2.27. The van der Waals surface area contributed by atoms with Gasteiger partial charge in [0.1, 0.15) is 5.75 Å². The largest absolute Gasteiger partial charge is 0.489 e. The van der Waals surface area contributed by atoms with E-state index in [1.54, 1.807) is 25.2 Å². The lowest BCUT2D eigenvalue weighted by molar-refractivity contribution is -0.125. The van der Waals surface area contributed by atoms with Crippen molar-refractivity contribution < 1.29 is 14.3 Å². The Morgan fingerprint density at radius 2 is 1.81 bits per heavy atom. The van der Waals surface area contributed by atoms with E-state index in [1.165, 1.54) is 5.56 Å². The van der Waals surface area contributed by atoms with Crippen LogP contribution in [0.5, 0.6) is 5.75 Å². The molecule has 1 amide bonds. The van der Waals surface area contributed by atoms with Crippen LogP contribution in [0.2, 0.25) is 5.02 Å². The van der Waals surface area contributed by atoms with Gasteiger partial charge in [0, 0.05) is 25.6 Å². The van der Waals surface area contributed by atoms with Crippen molar-refractivity contribution in [2.24, 2.45) is 5.92 Å². The molecule has 1 aliphatic rings. The smallest absolute Gasteiger partial charge is 0.224 e. The normalized spacial score (nSPS) is 16.0. The zero-order valence-electron chi connectivity index (χ0n) is 19.1. The molecule has 1 atom stereocenters. The number of hydrogen-bond donors (Lipinski definition) is 1. The average molecular weight is 457 g/mol. The second kappa shape index (κ2) is 11.5. The SMILES string of the molecule is CNC(=O)[C@@H](CC(=O)c1ccc(OC(C)C)c(Cl)c1)CN1CCC(c2ccccc2)CC1. The molecule has 0 radical (unpaired) electrons. The molecule has 0 spiro atoms. The van der Waals surface area contributed by atoms with Crippen LogP contribution < -0.4 is 10.1 Å². The van der Waals surface area contributed by atoms with E-state index in [2.05, 4.69) is 34.5 Å². The fourth-order valence-electron chi connectivity index (χ4n) is 4.30. The molecule has 1 saturated heterocycles. The molecule has 0 aliphatic carbocycles. The molecule has 172 valence electrons. The van der Waals surface area contributed by atoms with Crippen LogP contribution in [-0.2, 0) is 4.79 Å². The van der Waals surface area contributed by atoms with Crippen LogP contribution in [0.4, 0.5) is 0 Å².